The molecular formula is C52H67BrN12O8. The molecular weight excluding hydrogens is 1000 g/mol. The molecule has 1 unspecified atom stereocenters. The smallest absolute Gasteiger partial charge is 0.246 e. The fourth-order valence-corrected chi connectivity index (χ4v) is 9.82. The number of nitrogens with zero attached hydrogens (tertiary/aromatic N) is 1. The minimum absolute atomic E-state index is 0.0102. The van der Waals surface area contributed by atoms with Crippen LogP contribution in [-0.2, 0) is 64.0 Å². The molecule has 73 heavy (non-hydrogen) atoms. The van der Waals surface area contributed by atoms with Gasteiger partial charge in [-0.1, -0.05) is 89.9 Å². The molecule has 21 heteroatoms. The number of aliphatic imine (C=N–C) groups is 1. The summed E-state index contributed by atoms with van der Waals surface area (Å²) in [5, 5.41) is 20.6. The van der Waals surface area contributed by atoms with Crippen LogP contribution in [-0.4, -0.2) is 107 Å². The fraction of sp³-hybridized carbons (Fsp3) is 0.442. The average molecular weight is 1070 g/mol. The van der Waals surface area contributed by atoms with Crippen LogP contribution in [0.1, 0.15) is 93.4 Å². The maximum atomic E-state index is 15.2. The van der Waals surface area contributed by atoms with E-state index in [9.17, 15) is 33.6 Å². The molecule has 0 bridgehead atoms. The quantitative estimate of drug-likeness (QED) is 0.0522. The van der Waals surface area contributed by atoms with Crippen LogP contribution < -0.4 is 54.4 Å². The second kappa shape index (κ2) is 26.4. The second-order valence-electron chi connectivity index (χ2n) is 18.7. The number of aromatic nitrogens is 1. The molecule has 20 nitrogen and oxygen atoms in total. The van der Waals surface area contributed by atoms with Crippen molar-refractivity contribution in [2.75, 3.05) is 13.1 Å². The van der Waals surface area contributed by atoms with Crippen molar-refractivity contribution in [3.05, 3.63) is 106 Å². The Bertz CT molecular complexity index is 2660. The first kappa shape index (κ1) is 55.0. The van der Waals surface area contributed by atoms with Gasteiger partial charge in [0.1, 0.15) is 35.7 Å². The normalized spacial score (nSPS) is 22.8. The molecule has 1 aliphatic heterocycles. The Balaban J connectivity index is 1.41. The Hall–Kier alpha value is -7.29. The van der Waals surface area contributed by atoms with Crippen molar-refractivity contribution in [1.29, 1.82) is 0 Å². The number of fused-ring (bicyclic) bond motifs is 2. The Morgan fingerprint density at radius 3 is 2.26 bits per heavy atom. The number of para-hydroxylation sites is 1. The third kappa shape index (κ3) is 15.6. The molecule has 1 aliphatic carbocycles. The number of nitrogens with two attached hydrogens (primary N) is 3. The highest BCUT2D eigenvalue weighted by Crippen LogP contribution is 2.34. The number of unbranched alkanes of at least 4 members (excludes halogenated alkanes) is 1. The predicted octanol–water partition coefficient (Wildman–Crippen LogP) is 1.60. The Morgan fingerprint density at radius 2 is 1.51 bits per heavy atom. The summed E-state index contributed by atoms with van der Waals surface area (Å²) in [6, 6.07) is 15.3. The van der Waals surface area contributed by atoms with E-state index in [2.05, 4.69) is 63.1 Å². The van der Waals surface area contributed by atoms with Gasteiger partial charge in [-0.2, -0.15) is 0 Å². The first-order chi connectivity index (χ1) is 35.0. The number of carbonyl (C=O) groups is 8. The minimum atomic E-state index is -1.70. The summed E-state index contributed by atoms with van der Waals surface area (Å²) >= 11 is 3.63. The van der Waals surface area contributed by atoms with E-state index < -0.39 is 89.4 Å². The second-order valence-corrected chi connectivity index (χ2v) is 19.6. The van der Waals surface area contributed by atoms with Gasteiger partial charge in [-0.05, 0) is 85.8 Å². The summed E-state index contributed by atoms with van der Waals surface area (Å²) in [7, 11) is 0. The molecule has 0 saturated carbocycles. The number of primary amides is 1. The number of amides is 8. The molecule has 6 rings (SSSR count). The number of hydrogen-bond donors (Lipinski definition) is 11. The molecule has 390 valence electrons. The van der Waals surface area contributed by atoms with E-state index in [4.69, 9.17) is 17.2 Å². The van der Waals surface area contributed by atoms with E-state index in [0.29, 0.717) is 43.2 Å². The zero-order chi connectivity index (χ0) is 52.5. The van der Waals surface area contributed by atoms with Crippen molar-refractivity contribution in [2.45, 2.75) is 133 Å². The number of H-pyrrole nitrogens is 1. The lowest BCUT2D eigenvalue weighted by Crippen LogP contribution is -2.67. The van der Waals surface area contributed by atoms with Crippen molar-refractivity contribution in [3.63, 3.8) is 0 Å². The molecule has 6 atom stereocenters. The standard InChI is InChI=1S/C52H67BrN12O8/c1-2-3-21-43(66)60-42-28-44(67)57-24-10-9-19-38(45(54)68)61-48(71)41(27-33-30-59-37-18-8-7-16-35(33)37)63-46(69)39(20-12-25-58-51(55)56)62-47(70)40(26-31-13-5-4-6-14-31)64-50(73)52(65-49(42)72)23-22-34-32(29-52)15-11-17-36(34)53/h4-8,11,13-18,30,38-42,59H,2-3,9-10,12,19-29H2,1H3,(H2,54,68)(H,57,67)(H,60,66)(H,61,71)(H,62,70)(H,63,69)(H,64,73)(H,65,72)(H4,55,56,58)/t38-,39+,40-,41-,42+,52?/m0/s1. The molecule has 4 aromatic rings. The molecule has 0 radical (unpaired) electrons. The van der Waals surface area contributed by atoms with Crippen LogP contribution >= 0.6 is 15.9 Å². The highest BCUT2D eigenvalue weighted by Gasteiger charge is 2.46. The van der Waals surface area contributed by atoms with Crippen LogP contribution in [0.3, 0.4) is 0 Å². The van der Waals surface area contributed by atoms with Gasteiger partial charge >= 0.3 is 0 Å². The van der Waals surface area contributed by atoms with E-state index in [0.717, 1.165) is 26.5 Å². The van der Waals surface area contributed by atoms with E-state index in [1.165, 1.54) is 0 Å². The summed E-state index contributed by atoms with van der Waals surface area (Å²) in [6.07, 6.45) is 3.81. The lowest BCUT2D eigenvalue weighted by Gasteiger charge is -2.39. The molecule has 2 aliphatic rings. The van der Waals surface area contributed by atoms with Gasteiger partial charge in [-0.25, -0.2) is 0 Å². The fourth-order valence-electron chi connectivity index (χ4n) is 9.21. The highest BCUT2D eigenvalue weighted by atomic mass is 79.9. The Labute approximate surface area is 432 Å². The van der Waals surface area contributed by atoms with Crippen LogP contribution in [0.5, 0.6) is 0 Å². The Kier molecular flexibility index (Phi) is 19.9. The highest BCUT2D eigenvalue weighted by molar-refractivity contribution is 9.10. The maximum Gasteiger partial charge on any atom is 0.246 e. The number of benzene rings is 3. The van der Waals surface area contributed by atoms with Crippen LogP contribution in [0.25, 0.3) is 10.9 Å². The lowest BCUT2D eigenvalue weighted by molar-refractivity contribution is -0.139. The third-order valence-corrected chi connectivity index (χ3v) is 14.0. The van der Waals surface area contributed by atoms with Gasteiger partial charge in [0.05, 0.1) is 6.42 Å². The van der Waals surface area contributed by atoms with Crippen molar-refractivity contribution < 1.29 is 38.4 Å². The monoisotopic (exact) mass is 1070 g/mol. The van der Waals surface area contributed by atoms with E-state index in [1.54, 1.807) is 36.5 Å². The van der Waals surface area contributed by atoms with E-state index in [1.807, 2.05) is 49.4 Å². The molecule has 8 amide bonds. The largest absolute Gasteiger partial charge is 0.370 e. The van der Waals surface area contributed by atoms with Crippen molar-refractivity contribution >= 4 is 80.0 Å². The first-order valence-corrected chi connectivity index (χ1v) is 25.6. The van der Waals surface area contributed by atoms with Crippen molar-refractivity contribution in [1.82, 2.24) is 42.2 Å². The lowest BCUT2D eigenvalue weighted by atomic mass is 9.76. The number of hydrogen-bond acceptors (Lipinski definition) is 9. The zero-order valence-electron chi connectivity index (χ0n) is 41.0. The molecule has 1 saturated heterocycles. The number of carbonyl (C=O) groups excluding carboxylic acids is 8. The summed E-state index contributed by atoms with van der Waals surface area (Å²) in [5.74, 6) is -5.74. The summed E-state index contributed by atoms with van der Waals surface area (Å²) in [4.78, 5) is 121. The van der Waals surface area contributed by atoms with E-state index in [-0.39, 0.29) is 70.4 Å². The number of guanidine groups is 1. The number of halogens is 1. The minimum Gasteiger partial charge on any atom is -0.370 e. The van der Waals surface area contributed by atoms with Crippen LogP contribution in [0.4, 0.5) is 0 Å². The van der Waals surface area contributed by atoms with Gasteiger partial charge in [-0.3, -0.25) is 43.3 Å². The molecule has 2 heterocycles. The predicted molar refractivity (Wildman–Crippen MR) is 279 cm³/mol. The van der Waals surface area contributed by atoms with Crippen molar-refractivity contribution in [2.24, 2.45) is 22.2 Å². The summed E-state index contributed by atoms with van der Waals surface area (Å²) < 4.78 is 0.815. The SMILES string of the molecule is CCCCC(=O)N[C@@H]1CC(=O)NCCCC[C@@H](C(N)=O)NC(=O)[C@H](Cc2c[nH]c3ccccc23)NC(=O)[C@@H](CCCN=C(N)N)NC(=O)[C@H](Cc2ccccc2)NC(=O)C2(CCc3c(Br)cccc3C2)NC1=O. The number of rotatable bonds is 13. The zero-order valence-corrected chi connectivity index (χ0v) is 42.6. The van der Waals surface area contributed by atoms with Crippen LogP contribution in [0.2, 0.25) is 0 Å². The summed E-state index contributed by atoms with van der Waals surface area (Å²) in [5.41, 5.74) is 19.2. The number of nitrogens with one attached hydrogen (secondary N) is 8. The van der Waals surface area contributed by atoms with Gasteiger partial charge in [0.15, 0.2) is 5.96 Å². The molecule has 14 N–H and O–H groups in total. The van der Waals surface area contributed by atoms with Crippen LogP contribution in [0, 0.1) is 0 Å². The van der Waals surface area contributed by atoms with Crippen LogP contribution in [0.15, 0.2) is 88.5 Å². The molecule has 1 aromatic heterocycles. The van der Waals surface area contributed by atoms with Gasteiger partial charge in [0, 0.05) is 60.3 Å². The topological polar surface area (TPSA) is 327 Å². The number of aromatic amines is 1. The average Bonchev–Trinajstić information content (AvgIpc) is 3.77. The van der Waals surface area contributed by atoms with Gasteiger partial charge in [0.25, 0.3) is 0 Å². The van der Waals surface area contributed by atoms with Gasteiger partial charge in [0.2, 0.25) is 47.3 Å². The molecule has 3 aromatic carbocycles. The first-order valence-electron chi connectivity index (χ1n) is 24.9. The van der Waals surface area contributed by atoms with Gasteiger partial charge in [-0.15, -0.1) is 0 Å². The third-order valence-electron chi connectivity index (χ3n) is 13.2. The molecule has 1 fully saturated rings. The maximum absolute atomic E-state index is 15.2. The summed E-state index contributed by atoms with van der Waals surface area (Å²) in [6.45, 7) is 2.12. The van der Waals surface area contributed by atoms with E-state index >= 15 is 4.79 Å². The van der Waals surface area contributed by atoms with Crippen molar-refractivity contribution in [3.8, 4) is 0 Å². The van der Waals surface area contributed by atoms with Gasteiger partial charge < -0.3 is 59.4 Å². The Morgan fingerprint density at radius 1 is 0.795 bits per heavy atom. The molecule has 1 spiro atoms.